The Balaban J connectivity index is 2.99. The van der Waals surface area contributed by atoms with E-state index in [0.717, 1.165) is 12.3 Å². The molecule has 1 rings (SSSR count). The third-order valence-corrected chi connectivity index (χ3v) is 3.58. The van der Waals surface area contributed by atoms with E-state index in [1.807, 2.05) is 0 Å². The first kappa shape index (κ1) is 16.0. The van der Waals surface area contributed by atoms with Crippen molar-refractivity contribution < 1.29 is 4.74 Å². The molecule has 0 amide bonds. The van der Waals surface area contributed by atoms with Crippen LogP contribution in [0.1, 0.15) is 50.3 Å². The lowest BCUT2D eigenvalue weighted by Crippen LogP contribution is -2.45. The number of nitrogens with one attached hydrogen (secondary N) is 1. The summed E-state index contributed by atoms with van der Waals surface area (Å²) in [6.07, 6.45) is 0. The van der Waals surface area contributed by atoms with Crippen LogP contribution >= 0.6 is 0 Å². The van der Waals surface area contributed by atoms with Crippen molar-refractivity contribution in [1.82, 2.24) is 5.32 Å². The number of hydrogen-bond acceptors (Lipinski definition) is 3. The van der Waals surface area contributed by atoms with Gasteiger partial charge in [0.2, 0.25) is 0 Å². The van der Waals surface area contributed by atoms with E-state index in [0.29, 0.717) is 12.5 Å². The number of nitrogens with two attached hydrogens (primary N) is 1. The van der Waals surface area contributed by atoms with Crippen molar-refractivity contribution in [3.05, 3.63) is 28.8 Å². The SMILES string of the molecule is COc1cc(C)c(CNC(C)(C)CN)cc1C(C)C. The van der Waals surface area contributed by atoms with Gasteiger partial charge in [0.25, 0.3) is 0 Å². The molecular formula is C16H28N2O. The van der Waals surface area contributed by atoms with Crippen LogP contribution in [0.2, 0.25) is 0 Å². The number of ether oxygens (including phenoxy) is 1. The quantitative estimate of drug-likeness (QED) is 0.830. The van der Waals surface area contributed by atoms with Crippen molar-refractivity contribution in [2.24, 2.45) is 5.73 Å². The molecule has 0 saturated carbocycles. The fourth-order valence-electron chi connectivity index (χ4n) is 1.97. The zero-order valence-corrected chi connectivity index (χ0v) is 13.1. The molecular weight excluding hydrogens is 236 g/mol. The van der Waals surface area contributed by atoms with Gasteiger partial charge in [-0.25, -0.2) is 0 Å². The second-order valence-corrected chi connectivity index (χ2v) is 6.12. The largest absolute Gasteiger partial charge is 0.496 e. The molecule has 0 aromatic heterocycles. The van der Waals surface area contributed by atoms with E-state index in [9.17, 15) is 0 Å². The third-order valence-electron chi connectivity index (χ3n) is 3.58. The minimum absolute atomic E-state index is 0.0373. The monoisotopic (exact) mass is 264 g/mol. The molecule has 1 aromatic carbocycles. The molecule has 0 aliphatic rings. The first-order valence-corrected chi connectivity index (χ1v) is 6.93. The van der Waals surface area contributed by atoms with Crippen molar-refractivity contribution in [2.75, 3.05) is 13.7 Å². The highest BCUT2D eigenvalue weighted by molar-refractivity contribution is 5.43. The number of methoxy groups -OCH3 is 1. The Hall–Kier alpha value is -1.06. The molecule has 0 aliphatic carbocycles. The van der Waals surface area contributed by atoms with Crippen molar-refractivity contribution >= 4 is 0 Å². The molecule has 0 saturated heterocycles. The smallest absolute Gasteiger partial charge is 0.122 e. The zero-order chi connectivity index (χ0) is 14.6. The van der Waals surface area contributed by atoms with Crippen LogP contribution in [0, 0.1) is 6.92 Å². The maximum Gasteiger partial charge on any atom is 0.122 e. The van der Waals surface area contributed by atoms with Crippen LogP contribution in [0.4, 0.5) is 0 Å². The lowest BCUT2D eigenvalue weighted by atomic mass is 9.95. The van der Waals surface area contributed by atoms with E-state index in [4.69, 9.17) is 10.5 Å². The number of rotatable bonds is 6. The summed E-state index contributed by atoms with van der Waals surface area (Å²) < 4.78 is 5.47. The number of hydrogen-bond donors (Lipinski definition) is 2. The summed E-state index contributed by atoms with van der Waals surface area (Å²) in [5.74, 6) is 1.44. The lowest BCUT2D eigenvalue weighted by Gasteiger charge is -2.25. The fraction of sp³-hybridized carbons (Fsp3) is 0.625. The Labute approximate surface area is 117 Å². The molecule has 3 N–H and O–H groups in total. The first-order chi connectivity index (χ1) is 8.80. The van der Waals surface area contributed by atoms with Gasteiger partial charge >= 0.3 is 0 Å². The van der Waals surface area contributed by atoms with Crippen LogP contribution in [0.15, 0.2) is 12.1 Å². The summed E-state index contributed by atoms with van der Waals surface area (Å²) in [7, 11) is 1.73. The Bertz CT molecular complexity index is 425. The standard InChI is InChI=1S/C16H28N2O/c1-11(2)14-8-13(9-18-16(4,5)10-17)12(3)7-15(14)19-6/h7-8,11,18H,9-10,17H2,1-6H3. The van der Waals surface area contributed by atoms with E-state index in [1.165, 1.54) is 16.7 Å². The van der Waals surface area contributed by atoms with E-state index in [1.54, 1.807) is 7.11 Å². The van der Waals surface area contributed by atoms with Crippen LogP contribution in [0.3, 0.4) is 0 Å². The maximum atomic E-state index is 5.75. The summed E-state index contributed by atoms with van der Waals surface area (Å²) in [4.78, 5) is 0. The number of aryl methyl sites for hydroxylation is 1. The topological polar surface area (TPSA) is 47.3 Å². The van der Waals surface area contributed by atoms with Gasteiger partial charge in [0.1, 0.15) is 5.75 Å². The highest BCUT2D eigenvalue weighted by atomic mass is 16.5. The van der Waals surface area contributed by atoms with Crippen LogP contribution < -0.4 is 15.8 Å². The molecule has 0 fully saturated rings. The average Bonchev–Trinajstić information content (AvgIpc) is 2.36. The third kappa shape index (κ3) is 4.22. The van der Waals surface area contributed by atoms with Gasteiger partial charge < -0.3 is 15.8 Å². The number of benzene rings is 1. The van der Waals surface area contributed by atoms with Gasteiger partial charge in [0, 0.05) is 18.6 Å². The molecule has 0 unspecified atom stereocenters. The molecule has 0 radical (unpaired) electrons. The molecule has 19 heavy (non-hydrogen) atoms. The van der Waals surface area contributed by atoms with Crippen LogP contribution in [-0.2, 0) is 6.54 Å². The second-order valence-electron chi connectivity index (χ2n) is 6.12. The summed E-state index contributed by atoms with van der Waals surface area (Å²) in [6, 6.07) is 4.38. The highest BCUT2D eigenvalue weighted by Crippen LogP contribution is 2.29. The van der Waals surface area contributed by atoms with Crippen LogP contribution in [0.25, 0.3) is 0 Å². The molecule has 3 heteroatoms. The van der Waals surface area contributed by atoms with Gasteiger partial charge in [-0.05, 0) is 49.4 Å². The average molecular weight is 264 g/mol. The molecule has 108 valence electrons. The Morgan fingerprint density at radius 3 is 2.42 bits per heavy atom. The van der Waals surface area contributed by atoms with Crippen molar-refractivity contribution in [3.8, 4) is 5.75 Å². The van der Waals surface area contributed by atoms with E-state index >= 15 is 0 Å². The summed E-state index contributed by atoms with van der Waals surface area (Å²) >= 11 is 0. The first-order valence-electron chi connectivity index (χ1n) is 6.93. The molecule has 0 atom stereocenters. The van der Waals surface area contributed by atoms with Gasteiger partial charge in [-0.2, -0.15) is 0 Å². The van der Waals surface area contributed by atoms with Gasteiger partial charge in [-0.15, -0.1) is 0 Å². The van der Waals surface area contributed by atoms with Gasteiger partial charge in [-0.1, -0.05) is 19.9 Å². The molecule has 1 aromatic rings. The van der Waals surface area contributed by atoms with Crippen molar-refractivity contribution in [3.63, 3.8) is 0 Å². The molecule has 0 spiro atoms. The Morgan fingerprint density at radius 2 is 1.95 bits per heavy atom. The van der Waals surface area contributed by atoms with E-state index in [2.05, 4.69) is 52.1 Å². The molecule has 0 aliphatic heterocycles. The van der Waals surface area contributed by atoms with E-state index in [-0.39, 0.29) is 5.54 Å². The minimum Gasteiger partial charge on any atom is -0.496 e. The Kier molecular flexibility index (Phi) is 5.39. The van der Waals surface area contributed by atoms with Gasteiger partial charge in [0.05, 0.1) is 7.11 Å². The highest BCUT2D eigenvalue weighted by Gasteiger charge is 2.16. The predicted molar refractivity (Wildman–Crippen MR) is 81.8 cm³/mol. The normalized spacial score (nSPS) is 12.0. The molecule has 3 nitrogen and oxygen atoms in total. The van der Waals surface area contributed by atoms with Gasteiger partial charge in [0.15, 0.2) is 0 Å². The molecule has 0 heterocycles. The van der Waals surface area contributed by atoms with Crippen LogP contribution in [-0.4, -0.2) is 19.2 Å². The predicted octanol–water partition coefficient (Wildman–Crippen LogP) is 2.95. The summed E-state index contributed by atoms with van der Waals surface area (Å²) in [5.41, 5.74) is 9.53. The zero-order valence-electron chi connectivity index (χ0n) is 13.1. The van der Waals surface area contributed by atoms with Crippen LogP contribution in [0.5, 0.6) is 5.75 Å². The lowest BCUT2D eigenvalue weighted by molar-refractivity contribution is 0.394. The fourth-order valence-corrected chi connectivity index (χ4v) is 1.97. The second kappa shape index (κ2) is 6.40. The van der Waals surface area contributed by atoms with Crippen molar-refractivity contribution in [1.29, 1.82) is 0 Å². The van der Waals surface area contributed by atoms with E-state index < -0.39 is 0 Å². The Morgan fingerprint density at radius 1 is 1.32 bits per heavy atom. The van der Waals surface area contributed by atoms with Crippen molar-refractivity contribution in [2.45, 2.75) is 52.6 Å². The molecule has 0 bridgehead atoms. The van der Waals surface area contributed by atoms with Gasteiger partial charge in [-0.3, -0.25) is 0 Å². The summed E-state index contributed by atoms with van der Waals surface area (Å²) in [6.45, 7) is 12.2. The minimum atomic E-state index is -0.0373. The summed E-state index contributed by atoms with van der Waals surface area (Å²) in [5, 5.41) is 3.50. The maximum absolute atomic E-state index is 5.75.